The van der Waals surface area contributed by atoms with Crippen LogP contribution in [-0.2, 0) is 0 Å². The van der Waals surface area contributed by atoms with Crippen LogP contribution in [0.5, 0.6) is 0 Å². The summed E-state index contributed by atoms with van der Waals surface area (Å²) in [4.78, 5) is 0. The number of hydrogen-bond acceptors (Lipinski definition) is 1. The van der Waals surface area contributed by atoms with E-state index in [0.29, 0.717) is 0 Å². The zero-order chi connectivity index (χ0) is 8.93. The SMILES string of the molecule is C1CCCC(C2C[N]CN2)CCC1. The molecular formula is C11H21N2. The van der Waals surface area contributed by atoms with Gasteiger partial charge in [0.25, 0.3) is 0 Å². The molecule has 1 aliphatic heterocycles. The van der Waals surface area contributed by atoms with Crippen molar-refractivity contribution in [2.45, 2.75) is 51.0 Å². The Hall–Kier alpha value is -0.0800. The van der Waals surface area contributed by atoms with Crippen molar-refractivity contribution in [1.29, 1.82) is 0 Å². The molecule has 1 aliphatic carbocycles. The molecule has 0 aromatic heterocycles. The summed E-state index contributed by atoms with van der Waals surface area (Å²) in [6, 6.07) is 0.720. The van der Waals surface area contributed by atoms with Gasteiger partial charge in [-0.3, -0.25) is 5.32 Å². The molecule has 0 spiro atoms. The first-order valence-electron chi connectivity index (χ1n) is 5.83. The van der Waals surface area contributed by atoms with Gasteiger partial charge in [-0.2, -0.15) is 0 Å². The molecule has 1 N–H and O–H groups in total. The van der Waals surface area contributed by atoms with Gasteiger partial charge in [0.2, 0.25) is 0 Å². The Kier molecular flexibility index (Phi) is 3.62. The maximum atomic E-state index is 4.38. The molecule has 1 heterocycles. The van der Waals surface area contributed by atoms with Gasteiger partial charge in [-0.1, -0.05) is 32.1 Å². The second-order valence-electron chi connectivity index (χ2n) is 4.48. The molecule has 1 saturated heterocycles. The molecule has 2 rings (SSSR count). The number of hydrogen-bond donors (Lipinski definition) is 1. The molecule has 2 aliphatic rings. The molecule has 1 unspecified atom stereocenters. The van der Waals surface area contributed by atoms with Gasteiger partial charge in [0.15, 0.2) is 0 Å². The van der Waals surface area contributed by atoms with Gasteiger partial charge in [0.1, 0.15) is 0 Å². The zero-order valence-electron chi connectivity index (χ0n) is 8.47. The third kappa shape index (κ3) is 2.68. The first kappa shape index (κ1) is 9.47. The molecule has 2 nitrogen and oxygen atoms in total. The molecule has 0 aromatic rings. The van der Waals surface area contributed by atoms with Gasteiger partial charge in [0.05, 0.1) is 6.67 Å². The maximum Gasteiger partial charge on any atom is 0.0627 e. The Morgan fingerprint density at radius 3 is 2.23 bits per heavy atom. The molecule has 13 heavy (non-hydrogen) atoms. The van der Waals surface area contributed by atoms with Crippen LogP contribution in [0.1, 0.15) is 44.9 Å². The lowest BCUT2D eigenvalue weighted by molar-refractivity contribution is 0.314. The van der Waals surface area contributed by atoms with E-state index in [4.69, 9.17) is 0 Å². The number of rotatable bonds is 1. The first-order valence-corrected chi connectivity index (χ1v) is 5.83. The molecule has 75 valence electrons. The molecule has 1 radical (unpaired) electrons. The van der Waals surface area contributed by atoms with Crippen molar-refractivity contribution in [2.24, 2.45) is 5.92 Å². The van der Waals surface area contributed by atoms with Crippen LogP contribution in [-0.4, -0.2) is 19.3 Å². The Morgan fingerprint density at radius 2 is 1.62 bits per heavy atom. The van der Waals surface area contributed by atoms with Crippen molar-refractivity contribution < 1.29 is 0 Å². The van der Waals surface area contributed by atoms with Gasteiger partial charge in [-0.15, -0.1) is 0 Å². The lowest BCUT2D eigenvalue weighted by Gasteiger charge is -2.24. The molecular weight excluding hydrogens is 160 g/mol. The van der Waals surface area contributed by atoms with Crippen LogP contribution in [0.25, 0.3) is 0 Å². The summed E-state index contributed by atoms with van der Waals surface area (Å²) >= 11 is 0. The number of nitrogens with zero attached hydrogens (tertiary/aromatic N) is 1. The van der Waals surface area contributed by atoms with Gasteiger partial charge in [-0.05, 0) is 18.8 Å². The van der Waals surface area contributed by atoms with E-state index in [1.165, 1.54) is 44.9 Å². The topological polar surface area (TPSA) is 26.1 Å². The van der Waals surface area contributed by atoms with E-state index < -0.39 is 0 Å². The predicted octanol–water partition coefficient (Wildman–Crippen LogP) is 1.88. The summed E-state index contributed by atoms with van der Waals surface area (Å²) in [5.41, 5.74) is 0. The number of nitrogens with one attached hydrogen (secondary N) is 1. The van der Waals surface area contributed by atoms with Crippen LogP contribution in [0.15, 0.2) is 0 Å². The smallest absolute Gasteiger partial charge is 0.0627 e. The quantitative estimate of drug-likeness (QED) is 0.657. The fraction of sp³-hybridized carbons (Fsp3) is 1.00. The van der Waals surface area contributed by atoms with E-state index in [2.05, 4.69) is 10.6 Å². The van der Waals surface area contributed by atoms with Crippen molar-refractivity contribution in [3.8, 4) is 0 Å². The van der Waals surface area contributed by atoms with Crippen LogP contribution in [0.2, 0.25) is 0 Å². The Bertz CT molecular complexity index is 133. The zero-order valence-corrected chi connectivity index (χ0v) is 8.47. The van der Waals surface area contributed by atoms with Gasteiger partial charge in [0, 0.05) is 12.6 Å². The van der Waals surface area contributed by atoms with Crippen LogP contribution in [0.4, 0.5) is 0 Å². The minimum Gasteiger partial charge on any atom is -0.299 e. The average Bonchev–Trinajstić information content (AvgIpc) is 2.55. The molecule has 0 aromatic carbocycles. The third-order valence-electron chi connectivity index (χ3n) is 3.51. The summed E-state index contributed by atoms with van der Waals surface area (Å²) < 4.78 is 0. The summed E-state index contributed by atoms with van der Waals surface area (Å²) in [5.74, 6) is 0.923. The summed E-state index contributed by atoms with van der Waals surface area (Å²) in [5, 5.41) is 7.89. The molecule has 2 heteroatoms. The fourth-order valence-electron chi connectivity index (χ4n) is 2.66. The first-order chi connectivity index (χ1) is 6.47. The van der Waals surface area contributed by atoms with E-state index in [0.717, 1.165) is 25.2 Å². The second-order valence-corrected chi connectivity index (χ2v) is 4.48. The van der Waals surface area contributed by atoms with E-state index in [9.17, 15) is 0 Å². The van der Waals surface area contributed by atoms with E-state index in [1.807, 2.05) is 0 Å². The lowest BCUT2D eigenvalue weighted by Crippen LogP contribution is -2.33. The standard InChI is InChI=1S/C11H21N2/c1-2-4-6-10(7-5-3-1)11-8-12-9-13-11/h10-11,13H,1-9H2. The summed E-state index contributed by atoms with van der Waals surface area (Å²) in [6.45, 7) is 1.98. The van der Waals surface area contributed by atoms with Crippen LogP contribution < -0.4 is 10.6 Å². The molecule has 0 bridgehead atoms. The maximum absolute atomic E-state index is 4.38. The van der Waals surface area contributed by atoms with Crippen LogP contribution >= 0.6 is 0 Å². The minimum atomic E-state index is 0.720. The van der Waals surface area contributed by atoms with E-state index in [-0.39, 0.29) is 0 Å². The Morgan fingerprint density at radius 1 is 0.923 bits per heavy atom. The largest absolute Gasteiger partial charge is 0.299 e. The van der Waals surface area contributed by atoms with Crippen molar-refractivity contribution in [3.05, 3.63) is 0 Å². The molecule has 1 saturated carbocycles. The highest BCUT2D eigenvalue weighted by Gasteiger charge is 2.24. The van der Waals surface area contributed by atoms with Crippen molar-refractivity contribution in [3.63, 3.8) is 0 Å². The van der Waals surface area contributed by atoms with Crippen LogP contribution in [0, 0.1) is 5.92 Å². The normalized spacial score (nSPS) is 32.8. The summed E-state index contributed by atoms with van der Waals surface area (Å²) in [7, 11) is 0. The third-order valence-corrected chi connectivity index (χ3v) is 3.51. The minimum absolute atomic E-state index is 0.720. The lowest BCUT2D eigenvalue weighted by atomic mass is 9.86. The van der Waals surface area contributed by atoms with Crippen molar-refractivity contribution >= 4 is 0 Å². The highest BCUT2D eigenvalue weighted by molar-refractivity contribution is 4.83. The monoisotopic (exact) mass is 181 g/mol. The van der Waals surface area contributed by atoms with Crippen molar-refractivity contribution in [2.75, 3.05) is 13.2 Å². The van der Waals surface area contributed by atoms with Gasteiger partial charge >= 0.3 is 0 Å². The molecule has 1 atom stereocenters. The predicted molar refractivity (Wildman–Crippen MR) is 54.6 cm³/mol. The average molecular weight is 181 g/mol. The van der Waals surface area contributed by atoms with Crippen LogP contribution in [0.3, 0.4) is 0 Å². The highest BCUT2D eigenvalue weighted by atomic mass is 15.2. The molecule has 0 amide bonds. The summed E-state index contributed by atoms with van der Waals surface area (Å²) in [6.07, 6.45) is 10.2. The van der Waals surface area contributed by atoms with Gasteiger partial charge in [-0.25, -0.2) is 5.32 Å². The van der Waals surface area contributed by atoms with E-state index >= 15 is 0 Å². The fourth-order valence-corrected chi connectivity index (χ4v) is 2.66. The highest BCUT2D eigenvalue weighted by Crippen LogP contribution is 2.25. The van der Waals surface area contributed by atoms with Crippen molar-refractivity contribution in [1.82, 2.24) is 10.6 Å². The van der Waals surface area contributed by atoms with E-state index in [1.54, 1.807) is 0 Å². The Balaban J connectivity index is 1.80. The Labute approximate surface area is 81.5 Å². The molecule has 2 fully saturated rings. The second kappa shape index (κ2) is 4.97. The van der Waals surface area contributed by atoms with Gasteiger partial charge < -0.3 is 0 Å².